The molecule has 0 spiro atoms. The third kappa shape index (κ3) is 3.27. The summed E-state index contributed by atoms with van der Waals surface area (Å²) in [6, 6.07) is 7.81. The first-order chi connectivity index (χ1) is 12.4. The Morgan fingerprint density at radius 3 is 2.58 bits per heavy atom. The molecule has 1 N–H and O–H groups in total. The van der Waals surface area contributed by atoms with Crippen LogP contribution in [0.3, 0.4) is 0 Å². The zero-order valence-corrected chi connectivity index (χ0v) is 15.0. The smallest absolute Gasteiger partial charge is 0.343 e. The monoisotopic (exact) mass is 355 g/mol. The molecule has 0 radical (unpaired) electrons. The molecule has 0 saturated carbocycles. The number of aromatic amines is 1. The molecule has 1 aliphatic heterocycles. The second-order valence-corrected chi connectivity index (χ2v) is 6.55. The minimum Gasteiger partial charge on any atom is -0.462 e. The van der Waals surface area contributed by atoms with Crippen molar-refractivity contribution in [1.29, 1.82) is 0 Å². The number of carbonyl (C=O) groups is 2. The maximum absolute atomic E-state index is 12.5. The van der Waals surface area contributed by atoms with Crippen LogP contribution in [0.5, 0.6) is 5.75 Å². The van der Waals surface area contributed by atoms with Gasteiger partial charge in [-0.1, -0.05) is 38.1 Å². The van der Waals surface area contributed by atoms with Crippen LogP contribution in [0.1, 0.15) is 66.1 Å². The molecule has 0 amide bonds. The van der Waals surface area contributed by atoms with Gasteiger partial charge in [0.2, 0.25) is 0 Å². The highest BCUT2D eigenvalue weighted by atomic mass is 16.5. The van der Waals surface area contributed by atoms with Crippen molar-refractivity contribution in [1.82, 2.24) is 4.98 Å². The van der Waals surface area contributed by atoms with E-state index in [-0.39, 0.29) is 35.5 Å². The highest BCUT2D eigenvalue weighted by Gasteiger charge is 2.34. The molecular weight excluding hydrogens is 334 g/mol. The molecule has 1 aromatic carbocycles. The number of hydrogen-bond donors (Lipinski definition) is 1. The first-order valence-electron chi connectivity index (χ1n) is 8.65. The topological polar surface area (TPSA) is 85.5 Å². The van der Waals surface area contributed by atoms with Gasteiger partial charge in [0.1, 0.15) is 5.56 Å². The third-order valence-electron chi connectivity index (χ3n) is 4.52. The molecule has 1 aromatic heterocycles. The summed E-state index contributed by atoms with van der Waals surface area (Å²) < 4.78 is 10.3. The molecule has 6 nitrogen and oxygen atoms in total. The first-order valence-corrected chi connectivity index (χ1v) is 8.65. The van der Waals surface area contributed by atoms with Crippen molar-refractivity contribution < 1.29 is 19.1 Å². The highest BCUT2D eigenvalue weighted by molar-refractivity contribution is 5.94. The van der Waals surface area contributed by atoms with E-state index in [0.717, 1.165) is 5.56 Å². The Bertz CT molecular complexity index is 895. The number of ether oxygens (including phenoxy) is 2. The Hall–Kier alpha value is -2.89. The van der Waals surface area contributed by atoms with Crippen molar-refractivity contribution >= 4 is 11.9 Å². The van der Waals surface area contributed by atoms with E-state index in [1.54, 1.807) is 6.92 Å². The van der Waals surface area contributed by atoms with E-state index in [1.807, 2.05) is 24.3 Å². The summed E-state index contributed by atoms with van der Waals surface area (Å²) in [6.45, 7) is 6.05. The van der Waals surface area contributed by atoms with Crippen molar-refractivity contribution in [3.63, 3.8) is 0 Å². The molecule has 1 atom stereocenters. The Kier molecular flexibility index (Phi) is 4.93. The van der Waals surface area contributed by atoms with Crippen LogP contribution >= 0.6 is 0 Å². The lowest BCUT2D eigenvalue weighted by molar-refractivity contribution is -0.135. The van der Waals surface area contributed by atoms with Crippen LogP contribution in [0.2, 0.25) is 0 Å². The maximum atomic E-state index is 12.5. The lowest BCUT2D eigenvalue weighted by Crippen LogP contribution is -2.30. The predicted molar refractivity (Wildman–Crippen MR) is 95.6 cm³/mol. The highest BCUT2D eigenvalue weighted by Crippen LogP contribution is 2.38. The number of carbonyl (C=O) groups excluding carboxylic acids is 2. The number of rotatable bonds is 4. The molecule has 0 saturated heterocycles. The van der Waals surface area contributed by atoms with Crippen molar-refractivity contribution in [3.8, 4) is 5.75 Å². The fraction of sp³-hybridized carbons (Fsp3) is 0.350. The summed E-state index contributed by atoms with van der Waals surface area (Å²) in [5, 5.41) is 0. The summed E-state index contributed by atoms with van der Waals surface area (Å²) in [7, 11) is 0. The summed E-state index contributed by atoms with van der Waals surface area (Å²) in [5.74, 6) is -1.20. The number of benzene rings is 1. The third-order valence-corrected chi connectivity index (χ3v) is 4.52. The molecule has 0 aliphatic carbocycles. The van der Waals surface area contributed by atoms with E-state index >= 15 is 0 Å². The molecule has 1 aliphatic rings. The zero-order valence-electron chi connectivity index (χ0n) is 15.0. The van der Waals surface area contributed by atoms with Crippen molar-refractivity contribution in [2.75, 3.05) is 6.61 Å². The molecule has 0 unspecified atom stereocenters. The number of fused-ring (bicyclic) bond motifs is 1. The Balaban J connectivity index is 2.11. The average Bonchev–Trinajstić information content (AvgIpc) is 2.61. The number of pyridine rings is 1. The minimum atomic E-state index is -0.636. The summed E-state index contributed by atoms with van der Waals surface area (Å²) >= 11 is 0. The number of aromatic nitrogens is 1. The van der Waals surface area contributed by atoms with Gasteiger partial charge in [0.25, 0.3) is 5.56 Å². The van der Waals surface area contributed by atoms with Crippen LogP contribution in [0.4, 0.5) is 0 Å². The van der Waals surface area contributed by atoms with Gasteiger partial charge in [0.15, 0.2) is 5.75 Å². The van der Waals surface area contributed by atoms with Gasteiger partial charge in [-0.2, -0.15) is 0 Å². The summed E-state index contributed by atoms with van der Waals surface area (Å²) in [5.41, 5.74) is 1.96. The summed E-state index contributed by atoms with van der Waals surface area (Å²) in [4.78, 5) is 39.3. The zero-order chi connectivity index (χ0) is 18.8. The van der Waals surface area contributed by atoms with Gasteiger partial charge in [-0.25, -0.2) is 4.79 Å². The van der Waals surface area contributed by atoms with Gasteiger partial charge in [-0.3, -0.25) is 9.59 Å². The standard InChI is InChI=1S/C20H21NO5/c1-4-25-20(24)15-10-21-19(23)17-14(9-16(22)26-18(15)17)13-7-5-12(6-8-13)11(2)3/h5-8,10-11,14H,4,9H2,1-3H3,(H,21,23)/t14-/m0/s1. The number of hydrogen-bond acceptors (Lipinski definition) is 5. The lowest BCUT2D eigenvalue weighted by Gasteiger charge is -2.25. The predicted octanol–water partition coefficient (Wildman–Crippen LogP) is 3.12. The molecule has 6 heteroatoms. The minimum absolute atomic E-state index is 0.00128. The molecule has 0 bridgehead atoms. The van der Waals surface area contributed by atoms with E-state index in [0.29, 0.717) is 5.92 Å². The Labute approximate surface area is 151 Å². The van der Waals surface area contributed by atoms with Gasteiger partial charge in [-0.15, -0.1) is 0 Å². The molecule has 0 fully saturated rings. The largest absolute Gasteiger partial charge is 0.462 e. The fourth-order valence-electron chi connectivity index (χ4n) is 3.14. The van der Waals surface area contributed by atoms with E-state index < -0.39 is 17.9 Å². The van der Waals surface area contributed by atoms with Crippen molar-refractivity contribution in [3.05, 3.63) is 63.1 Å². The van der Waals surface area contributed by atoms with Crippen molar-refractivity contribution in [2.24, 2.45) is 0 Å². The van der Waals surface area contributed by atoms with Crippen molar-refractivity contribution in [2.45, 2.75) is 39.0 Å². The molecule has 2 heterocycles. The molecular formula is C20H21NO5. The summed E-state index contributed by atoms with van der Waals surface area (Å²) in [6.07, 6.45) is 1.28. The second kappa shape index (κ2) is 7.15. The lowest BCUT2D eigenvalue weighted by atomic mass is 9.85. The normalized spacial score (nSPS) is 16.2. The fourth-order valence-corrected chi connectivity index (χ4v) is 3.14. The molecule has 136 valence electrons. The van der Waals surface area contributed by atoms with Gasteiger partial charge < -0.3 is 14.5 Å². The molecule has 2 aromatic rings. The quantitative estimate of drug-likeness (QED) is 0.852. The van der Waals surface area contributed by atoms with Crippen LogP contribution in [0.15, 0.2) is 35.3 Å². The van der Waals surface area contributed by atoms with Gasteiger partial charge in [0.05, 0.1) is 18.6 Å². The number of esters is 2. The Morgan fingerprint density at radius 2 is 1.96 bits per heavy atom. The van der Waals surface area contributed by atoms with Crippen LogP contribution < -0.4 is 10.3 Å². The van der Waals surface area contributed by atoms with Gasteiger partial charge in [-0.05, 0) is 24.0 Å². The maximum Gasteiger partial charge on any atom is 0.343 e. The van der Waals surface area contributed by atoms with E-state index in [1.165, 1.54) is 11.8 Å². The number of H-pyrrole nitrogens is 1. The van der Waals surface area contributed by atoms with E-state index in [4.69, 9.17) is 9.47 Å². The van der Waals surface area contributed by atoms with Crippen LogP contribution in [0, 0.1) is 0 Å². The number of nitrogens with one attached hydrogen (secondary N) is 1. The van der Waals surface area contributed by atoms with Crippen LogP contribution in [-0.2, 0) is 9.53 Å². The molecule has 26 heavy (non-hydrogen) atoms. The average molecular weight is 355 g/mol. The second-order valence-electron chi connectivity index (χ2n) is 6.55. The van der Waals surface area contributed by atoms with Gasteiger partial charge >= 0.3 is 11.9 Å². The van der Waals surface area contributed by atoms with E-state index in [9.17, 15) is 14.4 Å². The SMILES string of the molecule is CCOC(=O)c1c[nH]c(=O)c2c1OC(=O)C[C@H]2c1ccc(C(C)C)cc1. The van der Waals surface area contributed by atoms with Crippen LogP contribution in [-0.4, -0.2) is 23.5 Å². The van der Waals surface area contributed by atoms with E-state index in [2.05, 4.69) is 18.8 Å². The molecule has 3 rings (SSSR count). The van der Waals surface area contributed by atoms with Gasteiger partial charge in [0, 0.05) is 12.1 Å². The van der Waals surface area contributed by atoms with Crippen LogP contribution in [0.25, 0.3) is 0 Å². The first kappa shape index (κ1) is 17.9. The Morgan fingerprint density at radius 1 is 1.27 bits per heavy atom.